The number of hydrogen-bond donors (Lipinski definition) is 4. The summed E-state index contributed by atoms with van der Waals surface area (Å²) in [6.07, 6.45) is 0. The summed E-state index contributed by atoms with van der Waals surface area (Å²) < 4.78 is 10.0. The van der Waals surface area contributed by atoms with E-state index in [1.54, 1.807) is 0 Å². The van der Waals surface area contributed by atoms with Gasteiger partial charge in [0.1, 0.15) is 0 Å². The Labute approximate surface area is 105 Å². The lowest BCUT2D eigenvalue weighted by Gasteiger charge is -2.10. The van der Waals surface area contributed by atoms with Gasteiger partial charge in [0.2, 0.25) is 0 Å². The molecule has 0 amide bonds. The lowest BCUT2D eigenvalue weighted by Crippen LogP contribution is -2.30. The quantitative estimate of drug-likeness (QED) is 0.385. The van der Waals surface area contributed by atoms with Crippen LogP contribution in [0, 0.1) is 0 Å². The average Bonchev–Trinajstić information content (AvgIpc) is 2.44. The Morgan fingerprint density at radius 3 is 1.06 bits per heavy atom. The second-order valence-electron chi connectivity index (χ2n) is 3.34. The Morgan fingerprint density at radius 1 is 0.722 bits per heavy atom. The molecule has 0 aromatic heterocycles. The van der Waals surface area contributed by atoms with Crippen molar-refractivity contribution in [3.63, 3.8) is 0 Å². The molecule has 2 aliphatic heterocycles. The van der Waals surface area contributed by atoms with E-state index in [2.05, 4.69) is 10.6 Å². The Bertz CT molecular complexity index is 181. The van der Waals surface area contributed by atoms with Gasteiger partial charge in [0.05, 0.1) is 26.4 Å². The summed E-state index contributed by atoms with van der Waals surface area (Å²) in [5, 5.41) is 21.1. The van der Waals surface area contributed by atoms with Crippen LogP contribution in [0.5, 0.6) is 0 Å². The maximum Gasteiger partial charge on any atom is 0.414 e. The molecule has 8 heteroatoms. The molecule has 2 rings (SSSR count). The van der Waals surface area contributed by atoms with Crippen molar-refractivity contribution in [2.75, 3.05) is 52.6 Å². The molecule has 0 bridgehead atoms. The molecule has 0 spiro atoms. The van der Waals surface area contributed by atoms with E-state index in [1.165, 1.54) is 0 Å². The van der Waals surface area contributed by atoms with Crippen molar-refractivity contribution in [1.82, 2.24) is 10.6 Å². The molecule has 0 aromatic carbocycles. The lowest BCUT2D eigenvalue weighted by molar-refractivity contribution is -0.159. The van der Waals surface area contributed by atoms with E-state index >= 15 is 0 Å². The number of aliphatic carboxylic acids is 2. The topological polar surface area (TPSA) is 117 Å². The SMILES string of the molecule is C1COCCN1.C1COCCN1.O=C(O)C(=O)O. The molecule has 106 valence electrons. The number of ether oxygens (including phenoxy) is 2. The first-order valence-corrected chi connectivity index (χ1v) is 5.67. The van der Waals surface area contributed by atoms with Crippen LogP contribution in [0.25, 0.3) is 0 Å². The van der Waals surface area contributed by atoms with E-state index in [0.29, 0.717) is 0 Å². The maximum absolute atomic E-state index is 9.10. The Hall–Kier alpha value is -1.22. The summed E-state index contributed by atoms with van der Waals surface area (Å²) >= 11 is 0. The standard InChI is InChI=1S/2C4H9NO.C2H2O4/c2*1-3-6-4-2-5-1;3-1(4)2(5)6/h2*5H,1-4H2;(H,3,4)(H,5,6). The van der Waals surface area contributed by atoms with Crippen LogP contribution >= 0.6 is 0 Å². The molecular weight excluding hydrogens is 244 g/mol. The summed E-state index contributed by atoms with van der Waals surface area (Å²) in [6.45, 7) is 7.67. The molecule has 0 radical (unpaired) electrons. The van der Waals surface area contributed by atoms with Gasteiger partial charge in [-0.2, -0.15) is 0 Å². The highest BCUT2D eigenvalue weighted by molar-refractivity contribution is 6.27. The Kier molecular flexibility index (Phi) is 11.4. The normalized spacial score (nSPS) is 18.4. The number of carbonyl (C=O) groups is 2. The molecule has 0 aromatic rings. The van der Waals surface area contributed by atoms with E-state index < -0.39 is 11.9 Å². The highest BCUT2D eigenvalue weighted by Gasteiger charge is 2.04. The van der Waals surface area contributed by atoms with Crippen LogP contribution in [0.1, 0.15) is 0 Å². The first-order chi connectivity index (χ1) is 8.64. The second kappa shape index (κ2) is 12.2. The predicted molar refractivity (Wildman–Crippen MR) is 62.6 cm³/mol. The largest absolute Gasteiger partial charge is 0.473 e. The molecule has 0 unspecified atom stereocenters. The van der Waals surface area contributed by atoms with Crippen LogP contribution in [-0.2, 0) is 19.1 Å². The Morgan fingerprint density at radius 2 is 1.00 bits per heavy atom. The summed E-state index contributed by atoms with van der Waals surface area (Å²) in [5.41, 5.74) is 0. The summed E-state index contributed by atoms with van der Waals surface area (Å²) in [4.78, 5) is 18.2. The van der Waals surface area contributed by atoms with Crippen molar-refractivity contribution < 1.29 is 29.3 Å². The maximum atomic E-state index is 9.10. The highest BCUT2D eigenvalue weighted by atomic mass is 16.5. The fourth-order valence-electron chi connectivity index (χ4n) is 1.03. The third-order valence-electron chi connectivity index (χ3n) is 1.88. The van der Waals surface area contributed by atoms with Gasteiger partial charge in [-0.05, 0) is 0 Å². The van der Waals surface area contributed by atoms with E-state index in [-0.39, 0.29) is 0 Å². The smallest absolute Gasteiger partial charge is 0.414 e. The van der Waals surface area contributed by atoms with Crippen LogP contribution < -0.4 is 10.6 Å². The minimum Gasteiger partial charge on any atom is -0.473 e. The van der Waals surface area contributed by atoms with Crippen molar-refractivity contribution in [1.29, 1.82) is 0 Å². The van der Waals surface area contributed by atoms with Gasteiger partial charge in [-0.25, -0.2) is 9.59 Å². The zero-order chi connectivity index (χ0) is 13.6. The van der Waals surface area contributed by atoms with Gasteiger partial charge < -0.3 is 30.3 Å². The molecule has 18 heavy (non-hydrogen) atoms. The average molecular weight is 264 g/mol. The molecular formula is C10H20N2O6. The number of hydrogen-bond acceptors (Lipinski definition) is 6. The summed E-state index contributed by atoms with van der Waals surface area (Å²) in [7, 11) is 0. The first-order valence-electron chi connectivity index (χ1n) is 5.67. The molecule has 2 aliphatic rings. The van der Waals surface area contributed by atoms with Crippen molar-refractivity contribution in [2.45, 2.75) is 0 Å². The predicted octanol–water partition coefficient (Wildman–Crippen LogP) is -1.63. The van der Waals surface area contributed by atoms with Crippen LogP contribution in [0.3, 0.4) is 0 Å². The van der Waals surface area contributed by atoms with E-state index in [9.17, 15) is 0 Å². The van der Waals surface area contributed by atoms with Crippen molar-refractivity contribution in [3.8, 4) is 0 Å². The zero-order valence-corrected chi connectivity index (χ0v) is 10.2. The third kappa shape index (κ3) is 12.8. The van der Waals surface area contributed by atoms with Gasteiger partial charge in [-0.15, -0.1) is 0 Å². The second-order valence-corrected chi connectivity index (χ2v) is 3.34. The summed E-state index contributed by atoms with van der Waals surface area (Å²) in [6, 6.07) is 0. The minimum atomic E-state index is -1.82. The fraction of sp³-hybridized carbons (Fsp3) is 0.800. The molecule has 2 heterocycles. The molecule has 2 saturated heterocycles. The number of rotatable bonds is 0. The molecule has 2 fully saturated rings. The van der Waals surface area contributed by atoms with Gasteiger partial charge in [-0.1, -0.05) is 0 Å². The number of carboxylic acid groups (broad SMARTS) is 2. The first kappa shape index (κ1) is 16.8. The van der Waals surface area contributed by atoms with Gasteiger partial charge >= 0.3 is 11.9 Å². The molecule has 0 saturated carbocycles. The summed E-state index contributed by atoms with van der Waals surface area (Å²) in [5.74, 6) is -3.65. The fourth-order valence-corrected chi connectivity index (χ4v) is 1.03. The van der Waals surface area contributed by atoms with E-state index in [4.69, 9.17) is 29.3 Å². The molecule has 0 aliphatic carbocycles. The van der Waals surface area contributed by atoms with Crippen molar-refractivity contribution >= 4 is 11.9 Å². The number of morpholine rings is 2. The monoisotopic (exact) mass is 264 g/mol. The van der Waals surface area contributed by atoms with Crippen LogP contribution in [-0.4, -0.2) is 74.8 Å². The number of carboxylic acids is 2. The van der Waals surface area contributed by atoms with Gasteiger partial charge in [-0.3, -0.25) is 0 Å². The number of nitrogens with one attached hydrogen (secondary N) is 2. The van der Waals surface area contributed by atoms with Crippen LogP contribution in [0.15, 0.2) is 0 Å². The minimum absolute atomic E-state index is 0.889. The van der Waals surface area contributed by atoms with Gasteiger partial charge in [0.25, 0.3) is 0 Å². The van der Waals surface area contributed by atoms with Gasteiger partial charge in [0, 0.05) is 26.2 Å². The zero-order valence-electron chi connectivity index (χ0n) is 10.2. The van der Waals surface area contributed by atoms with Gasteiger partial charge in [0.15, 0.2) is 0 Å². The van der Waals surface area contributed by atoms with Crippen molar-refractivity contribution in [2.24, 2.45) is 0 Å². The van der Waals surface area contributed by atoms with Crippen LogP contribution in [0.4, 0.5) is 0 Å². The van der Waals surface area contributed by atoms with Crippen molar-refractivity contribution in [3.05, 3.63) is 0 Å². The van der Waals surface area contributed by atoms with E-state index in [1.807, 2.05) is 0 Å². The molecule has 4 N–H and O–H groups in total. The third-order valence-corrected chi connectivity index (χ3v) is 1.88. The highest BCUT2D eigenvalue weighted by Crippen LogP contribution is 1.77. The van der Waals surface area contributed by atoms with Crippen LogP contribution in [0.2, 0.25) is 0 Å². The van der Waals surface area contributed by atoms with E-state index in [0.717, 1.165) is 52.6 Å². The molecule has 8 nitrogen and oxygen atoms in total. The molecule has 0 atom stereocenters. The Balaban J connectivity index is 0.000000241. The lowest BCUT2D eigenvalue weighted by atomic mass is 10.5.